The number of hydrogen-bond donors (Lipinski definition) is 1. The maximum absolute atomic E-state index is 5.79. The zero-order valence-electron chi connectivity index (χ0n) is 7.52. The fraction of sp³-hybridized carbons (Fsp3) is 0.778. The maximum atomic E-state index is 5.79. The molecule has 0 aliphatic carbocycles. The highest BCUT2D eigenvalue weighted by molar-refractivity contribution is 5.00. The van der Waals surface area contributed by atoms with Gasteiger partial charge in [0.1, 0.15) is 0 Å². The molecule has 0 bridgehead atoms. The van der Waals surface area contributed by atoms with Gasteiger partial charge in [-0.15, -0.1) is 0 Å². The summed E-state index contributed by atoms with van der Waals surface area (Å²) in [6.07, 6.45) is 3.15. The number of nitrogens with two attached hydrogens (primary N) is 1. The molecule has 0 aliphatic rings. The highest BCUT2D eigenvalue weighted by Gasteiger charge is 2.11. The van der Waals surface area contributed by atoms with E-state index in [0.717, 1.165) is 12.1 Å². The molecular formula is C9H19N. The standard InChI is InChI=1S/C9H19N/c1-5-8(7(3)4)9(10)6-2/h6-8H,5,10H2,1-4H3/b9-6+. The van der Waals surface area contributed by atoms with Crippen LogP contribution >= 0.6 is 0 Å². The van der Waals surface area contributed by atoms with E-state index in [0.29, 0.717) is 11.8 Å². The van der Waals surface area contributed by atoms with Gasteiger partial charge in [-0.25, -0.2) is 0 Å². The molecule has 0 aromatic carbocycles. The van der Waals surface area contributed by atoms with Crippen molar-refractivity contribution in [2.45, 2.75) is 34.1 Å². The van der Waals surface area contributed by atoms with Crippen molar-refractivity contribution in [1.29, 1.82) is 0 Å². The zero-order chi connectivity index (χ0) is 8.15. The Morgan fingerprint density at radius 2 is 2.00 bits per heavy atom. The number of rotatable bonds is 3. The predicted molar refractivity (Wildman–Crippen MR) is 46.6 cm³/mol. The lowest BCUT2D eigenvalue weighted by atomic mass is 9.90. The molecule has 1 nitrogen and oxygen atoms in total. The van der Waals surface area contributed by atoms with Gasteiger partial charge in [-0.05, 0) is 19.3 Å². The summed E-state index contributed by atoms with van der Waals surface area (Å²) in [5.74, 6) is 1.24. The van der Waals surface area contributed by atoms with Crippen LogP contribution < -0.4 is 5.73 Å². The fourth-order valence-electron chi connectivity index (χ4n) is 1.31. The molecule has 0 spiro atoms. The van der Waals surface area contributed by atoms with Gasteiger partial charge in [0.15, 0.2) is 0 Å². The molecule has 0 heterocycles. The van der Waals surface area contributed by atoms with Gasteiger partial charge in [-0.2, -0.15) is 0 Å². The van der Waals surface area contributed by atoms with E-state index in [9.17, 15) is 0 Å². The van der Waals surface area contributed by atoms with Crippen molar-refractivity contribution >= 4 is 0 Å². The molecule has 60 valence electrons. The molecule has 1 atom stereocenters. The van der Waals surface area contributed by atoms with Crippen LogP contribution in [0.2, 0.25) is 0 Å². The third-order valence-corrected chi connectivity index (χ3v) is 2.01. The monoisotopic (exact) mass is 141 g/mol. The van der Waals surface area contributed by atoms with Gasteiger partial charge < -0.3 is 5.73 Å². The van der Waals surface area contributed by atoms with E-state index >= 15 is 0 Å². The molecule has 1 unspecified atom stereocenters. The molecule has 0 aromatic rings. The quantitative estimate of drug-likeness (QED) is 0.642. The Bertz CT molecular complexity index is 114. The summed E-state index contributed by atoms with van der Waals surface area (Å²) < 4.78 is 0. The SMILES string of the molecule is C/C=C(/N)C(CC)C(C)C. The normalized spacial score (nSPS) is 15.9. The van der Waals surface area contributed by atoms with E-state index < -0.39 is 0 Å². The summed E-state index contributed by atoms with van der Waals surface area (Å²) >= 11 is 0. The van der Waals surface area contributed by atoms with Crippen LogP contribution in [0.4, 0.5) is 0 Å². The molecule has 0 aromatic heterocycles. The van der Waals surface area contributed by atoms with E-state index in [1.165, 1.54) is 0 Å². The minimum Gasteiger partial charge on any atom is -0.402 e. The van der Waals surface area contributed by atoms with Gasteiger partial charge in [0.25, 0.3) is 0 Å². The Labute approximate surface area is 64.3 Å². The van der Waals surface area contributed by atoms with Gasteiger partial charge in [0.05, 0.1) is 0 Å². The van der Waals surface area contributed by atoms with Crippen LogP contribution in [0.25, 0.3) is 0 Å². The third kappa shape index (κ3) is 2.42. The summed E-state index contributed by atoms with van der Waals surface area (Å²) in [5, 5.41) is 0. The smallest absolute Gasteiger partial charge is 0.00711 e. The van der Waals surface area contributed by atoms with Crippen molar-refractivity contribution in [3.8, 4) is 0 Å². The van der Waals surface area contributed by atoms with Crippen molar-refractivity contribution < 1.29 is 0 Å². The minimum atomic E-state index is 0.574. The lowest BCUT2D eigenvalue weighted by Crippen LogP contribution is -2.16. The second-order valence-electron chi connectivity index (χ2n) is 3.05. The average Bonchev–Trinajstić information content (AvgIpc) is 1.88. The Morgan fingerprint density at radius 1 is 1.50 bits per heavy atom. The Morgan fingerprint density at radius 3 is 2.10 bits per heavy atom. The first-order valence-electron chi connectivity index (χ1n) is 4.05. The molecule has 0 rings (SSSR count). The third-order valence-electron chi connectivity index (χ3n) is 2.01. The van der Waals surface area contributed by atoms with Crippen molar-refractivity contribution in [3.63, 3.8) is 0 Å². The number of allylic oxidation sites excluding steroid dienone is 2. The molecule has 0 saturated heterocycles. The van der Waals surface area contributed by atoms with E-state index in [1.54, 1.807) is 0 Å². The first-order chi connectivity index (χ1) is 4.63. The van der Waals surface area contributed by atoms with Gasteiger partial charge in [0.2, 0.25) is 0 Å². The molecular weight excluding hydrogens is 122 g/mol. The first-order valence-corrected chi connectivity index (χ1v) is 4.05. The van der Waals surface area contributed by atoms with Crippen LogP contribution in [0.1, 0.15) is 34.1 Å². The van der Waals surface area contributed by atoms with Crippen LogP contribution in [-0.2, 0) is 0 Å². The molecule has 2 N–H and O–H groups in total. The van der Waals surface area contributed by atoms with Crippen molar-refractivity contribution in [3.05, 3.63) is 11.8 Å². The van der Waals surface area contributed by atoms with E-state index in [4.69, 9.17) is 5.73 Å². The zero-order valence-corrected chi connectivity index (χ0v) is 7.52. The van der Waals surface area contributed by atoms with Gasteiger partial charge in [0, 0.05) is 11.6 Å². The summed E-state index contributed by atoms with van der Waals surface area (Å²) in [4.78, 5) is 0. The predicted octanol–water partition coefficient (Wildman–Crippen LogP) is 2.53. The van der Waals surface area contributed by atoms with E-state index in [1.807, 2.05) is 13.0 Å². The summed E-state index contributed by atoms with van der Waals surface area (Å²) in [7, 11) is 0. The largest absolute Gasteiger partial charge is 0.402 e. The fourth-order valence-corrected chi connectivity index (χ4v) is 1.31. The minimum absolute atomic E-state index is 0.574. The van der Waals surface area contributed by atoms with Crippen molar-refractivity contribution in [2.75, 3.05) is 0 Å². The lowest BCUT2D eigenvalue weighted by Gasteiger charge is -2.18. The highest BCUT2D eigenvalue weighted by Crippen LogP contribution is 2.19. The second kappa shape index (κ2) is 4.37. The van der Waals surface area contributed by atoms with Gasteiger partial charge in [-0.3, -0.25) is 0 Å². The second-order valence-corrected chi connectivity index (χ2v) is 3.05. The van der Waals surface area contributed by atoms with Gasteiger partial charge >= 0.3 is 0 Å². The molecule has 0 radical (unpaired) electrons. The molecule has 0 amide bonds. The first kappa shape index (κ1) is 9.54. The molecule has 1 heteroatoms. The van der Waals surface area contributed by atoms with Crippen LogP contribution in [0.15, 0.2) is 11.8 Å². The summed E-state index contributed by atoms with van der Waals surface area (Å²) in [5.41, 5.74) is 6.83. The summed E-state index contributed by atoms with van der Waals surface area (Å²) in [6, 6.07) is 0. The molecule has 0 aliphatic heterocycles. The average molecular weight is 141 g/mol. The van der Waals surface area contributed by atoms with Crippen molar-refractivity contribution in [2.24, 2.45) is 17.6 Å². The van der Waals surface area contributed by atoms with E-state index in [-0.39, 0.29) is 0 Å². The molecule has 0 saturated carbocycles. The van der Waals surface area contributed by atoms with Crippen molar-refractivity contribution in [1.82, 2.24) is 0 Å². The Kier molecular flexibility index (Phi) is 4.17. The topological polar surface area (TPSA) is 26.0 Å². The maximum Gasteiger partial charge on any atom is 0.00711 e. The molecule has 10 heavy (non-hydrogen) atoms. The van der Waals surface area contributed by atoms with Crippen LogP contribution in [0.3, 0.4) is 0 Å². The van der Waals surface area contributed by atoms with Crippen LogP contribution in [-0.4, -0.2) is 0 Å². The Hall–Kier alpha value is -0.460. The number of hydrogen-bond acceptors (Lipinski definition) is 1. The van der Waals surface area contributed by atoms with Crippen LogP contribution in [0.5, 0.6) is 0 Å². The Balaban J connectivity index is 4.07. The van der Waals surface area contributed by atoms with E-state index in [2.05, 4.69) is 20.8 Å². The lowest BCUT2D eigenvalue weighted by molar-refractivity contribution is 0.426. The van der Waals surface area contributed by atoms with Crippen LogP contribution in [0, 0.1) is 11.8 Å². The summed E-state index contributed by atoms with van der Waals surface area (Å²) in [6.45, 7) is 8.61. The molecule has 0 fully saturated rings. The van der Waals surface area contributed by atoms with Gasteiger partial charge in [-0.1, -0.05) is 26.8 Å². The highest BCUT2D eigenvalue weighted by atomic mass is 14.6.